The number of carbonyl (C=O) groups is 1. The van der Waals surface area contributed by atoms with Crippen molar-refractivity contribution in [2.24, 2.45) is 0 Å². The molecule has 0 aromatic heterocycles. The first-order valence-electron chi connectivity index (χ1n) is 9.68. The van der Waals surface area contributed by atoms with Crippen molar-refractivity contribution in [1.82, 2.24) is 0 Å². The Hall–Kier alpha value is -2.94. The molecule has 0 saturated heterocycles. The Morgan fingerprint density at radius 1 is 0.939 bits per heavy atom. The molecule has 0 aliphatic rings. The van der Waals surface area contributed by atoms with Gasteiger partial charge in [-0.25, -0.2) is 8.42 Å². The number of sulfonamides is 1. The first-order valence-corrected chi connectivity index (χ1v) is 12.3. The van der Waals surface area contributed by atoms with Crippen LogP contribution in [0.4, 0.5) is 11.4 Å². The fourth-order valence-electron chi connectivity index (χ4n) is 3.12. The van der Waals surface area contributed by atoms with E-state index in [0.29, 0.717) is 44.0 Å². The zero-order valence-electron chi connectivity index (χ0n) is 18.1. The van der Waals surface area contributed by atoms with Gasteiger partial charge in [0, 0.05) is 32.9 Å². The van der Waals surface area contributed by atoms with Crippen molar-refractivity contribution in [3.05, 3.63) is 81.8 Å². The van der Waals surface area contributed by atoms with E-state index in [-0.39, 0.29) is 12.5 Å². The lowest BCUT2D eigenvalue weighted by Crippen LogP contribution is -2.29. The number of methoxy groups -OCH3 is 2. The van der Waals surface area contributed by atoms with Crippen LogP contribution < -0.4 is 19.1 Å². The van der Waals surface area contributed by atoms with E-state index < -0.39 is 10.0 Å². The van der Waals surface area contributed by atoms with Gasteiger partial charge in [-0.3, -0.25) is 9.10 Å². The Balaban J connectivity index is 1.83. The van der Waals surface area contributed by atoms with E-state index in [1.54, 1.807) is 48.5 Å². The highest BCUT2D eigenvalue weighted by Gasteiger charge is 2.21. The van der Waals surface area contributed by atoms with Crippen LogP contribution in [0, 0.1) is 0 Å². The Labute approximate surface area is 202 Å². The molecule has 0 aliphatic carbocycles. The third-order valence-corrected chi connectivity index (χ3v) is 6.67. The van der Waals surface area contributed by atoms with Crippen molar-refractivity contribution in [3.63, 3.8) is 0 Å². The average Bonchev–Trinajstić information content (AvgIpc) is 2.78. The normalized spacial score (nSPS) is 11.1. The number of anilines is 2. The molecule has 0 radical (unpaired) electrons. The molecular formula is C23H22Cl2N2O5S. The Bertz CT molecular complexity index is 1240. The zero-order valence-corrected chi connectivity index (χ0v) is 20.5. The maximum absolute atomic E-state index is 12.7. The van der Waals surface area contributed by atoms with Crippen molar-refractivity contribution < 1.29 is 22.7 Å². The third-order valence-electron chi connectivity index (χ3n) is 4.82. The van der Waals surface area contributed by atoms with Crippen LogP contribution in [-0.4, -0.2) is 34.8 Å². The predicted octanol–water partition coefficient (Wildman–Crippen LogP) is 5.23. The minimum absolute atomic E-state index is 0.0471. The van der Waals surface area contributed by atoms with Gasteiger partial charge in [0.05, 0.1) is 32.7 Å². The number of hydrogen-bond donors (Lipinski definition) is 1. The fraction of sp³-hybridized carbons (Fsp3) is 0.174. The molecule has 0 saturated carbocycles. The summed E-state index contributed by atoms with van der Waals surface area (Å²) in [5.74, 6) is 0.654. The molecule has 0 heterocycles. The van der Waals surface area contributed by atoms with Gasteiger partial charge in [0.1, 0.15) is 0 Å². The van der Waals surface area contributed by atoms with Gasteiger partial charge in [-0.1, -0.05) is 29.3 Å². The summed E-state index contributed by atoms with van der Waals surface area (Å²) in [6, 6.07) is 16.2. The Morgan fingerprint density at radius 2 is 1.55 bits per heavy atom. The first kappa shape index (κ1) is 24.7. The number of amides is 1. The summed E-state index contributed by atoms with van der Waals surface area (Å²) in [5.41, 5.74) is 1.73. The lowest BCUT2D eigenvalue weighted by molar-refractivity contribution is 0.102. The maximum atomic E-state index is 12.7. The minimum Gasteiger partial charge on any atom is -0.493 e. The van der Waals surface area contributed by atoms with Crippen LogP contribution in [0.5, 0.6) is 11.5 Å². The Morgan fingerprint density at radius 3 is 2.09 bits per heavy atom. The summed E-state index contributed by atoms with van der Waals surface area (Å²) in [6.07, 6.45) is 1.09. The maximum Gasteiger partial charge on any atom is 0.255 e. The van der Waals surface area contributed by atoms with Gasteiger partial charge in [0.15, 0.2) is 11.5 Å². The first-order chi connectivity index (χ1) is 15.6. The molecule has 0 unspecified atom stereocenters. The van der Waals surface area contributed by atoms with Gasteiger partial charge < -0.3 is 14.8 Å². The van der Waals surface area contributed by atoms with Crippen LogP contribution in [-0.2, 0) is 16.6 Å². The molecule has 3 aromatic carbocycles. The number of rotatable bonds is 8. The predicted molar refractivity (Wildman–Crippen MR) is 131 cm³/mol. The molecule has 3 aromatic rings. The molecule has 0 aliphatic heterocycles. The molecule has 1 amide bonds. The highest BCUT2D eigenvalue weighted by molar-refractivity contribution is 7.92. The van der Waals surface area contributed by atoms with E-state index in [2.05, 4.69) is 5.32 Å². The molecule has 0 bridgehead atoms. The molecule has 7 nitrogen and oxygen atoms in total. The molecular weight excluding hydrogens is 487 g/mol. The van der Waals surface area contributed by atoms with E-state index in [1.165, 1.54) is 30.7 Å². The van der Waals surface area contributed by atoms with Crippen LogP contribution in [0.3, 0.4) is 0 Å². The van der Waals surface area contributed by atoms with Crippen LogP contribution >= 0.6 is 23.2 Å². The van der Waals surface area contributed by atoms with E-state index in [0.717, 1.165) is 6.26 Å². The summed E-state index contributed by atoms with van der Waals surface area (Å²) in [4.78, 5) is 12.7. The number of nitrogens with zero attached hydrogens (tertiary/aromatic N) is 1. The van der Waals surface area contributed by atoms with Gasteiger partial charge in [0.25, 0.3) is 5.91 Å². The molecule has 0 atom stereocenters. The number of ether oxygens (including phenoxy) is 2. The largest absolute Gasteiger partial charge is 0.493 e. The van der Waals surface area contributed by atoms with E-state index in [4.69, 9.17) is 32.7 Å². The van der Waals surface area contributed by atoms with Crippen molar-refractivity contribution in [2.75, 3.05) is 30.1 Å². The number of nitrogens with one attached hydrogen (secondary N) is 1. The SMILES string of the molecule is COc1ccc(NC(=O)c2ccc(N(Cc3c(Cl)cccc3Cl)S(C)(=O)=O)cc2)cc1OC. The van der Waals surface area contributed by atoms with E-state index >= 15 is 0 Å². The second-order valence-corrected chi connectivity index (χ2v) is 9.76. The molecule has 0 fully saturated rings. The van der Waals surface area contributed by atoms with Crippen molar-refractivity contribution in [2.45, 2.75) is 6.54 Å². The molecule has 1 N–H and O–H groups in total. The van der Waals surface area contributed by atoms with Gasteiger partial charge in [-0.05, 0) is 48.5 Å². The summed E-state index contributed by atoms with van der Waals surface area (Å²) in [5, 5.41) is 3.50. The van der Waals surface area contributed by atoms with Gasteiger partial charge >= 0.3 is 0 Å². The second-order valence-electron chi connectivity index (χ2n) is 7.04. The monoisotopic (exact) mass is 508 g/mol. The van der Waals surface area contributed by atoms with Crippen LogP contribution in [0.2, 0.25) is 10.0 Å². The van der Waals surface area contributed by atoms with E-state index in [1.807, 2.05) is 0 Å². The highest BCUT2D eigenvalue weighted by atomic mass is 35.5. The summed E-state index contributed by atoms with van der Waals surface area (Å²) in [6.45, 7) is -0.0471. The smallest absolute Gasteiger partial charge is 0.255 e. The average molecular weight is 509 g/mol. The highest BCUT2D eigenvalue weighted by Crippen LogP contribution is 2.31. The lowest BCUT2D eigenvalue weighted by Gasteiger charge is -2.23. The number of carbonyl (C=O) groups excluding carboxylic acids is 1. The third kappa shape index (κ3) is 5.90. The quantitative estimate of drug-likeness (QED) is 0.450. The summed E-state index contributed by atoms with van der Waals surface area (Å²) < 4.78 is 36.6. The van der Waals surface area contributed by atoms with Crippen LogP contribution in [0.25, 0.3) is 0 Å². The van der Waals surface area contributed by atoms with Crippen molar-refractivity contribution >= 4 is 50.5 Å². The van der Waals surface area contributed by atoms with Crippen LogP contribution in [0.15, 0.2) is 60.7 Å². The number of benzene rings is 3. The van der Waals surface area contributed by atoms with E-state index in [9.17, 15) is 13.2 Å². The summed E-state index contributed by atoms with van der Waals surface area (Å²) >= 11 is 12.4. The zero-order chi connectivity index (χ0) is 24.2. The molecule has 174 valence electrons. The summed E-state index contributed by atoms with van der Waals surface area (Å²) in [7, 11) is -0.625. The Kier molecular flexibility index (Phi) is 7.73. The van der Waals surface area contributed by atoms with Gasteiger partial charge in [-0.2, -0.15) is 0 Å². The van der Waals surface area contributed by atoms with Crippen LogP contribution in [0.1, 0.15) is 15.9 Å². The van der Waals surface area contributed by atoms with Crippen molar-refractivity contribution in [3.8, 4) is 11.5 Å². The van der Waals surface area contributed by atoms with Crippen molar-refractivity contribution in [1.29, 1.82) is 0 Å². The van der Waals surface area contributed by atoms with Gasteiger partial charge in [0.2, 0.25) is 10.0 Å². The standard InChI is InChI=1S/C23H22Cl2N2O5S/c1-31-21-12-9-16(13-22(21)32-2)26-23(28)15-7-10-17(11-8-15)27(33(3,29)30)14-18-19(24)5-4-6-20(18)25/h4-13H,14H2,1-3H3,(H,26,28). The number of halogens is 2. The minimum atomic E-state index is -3.66. The molecule has 10 heteroatoms. The van der Waals surface area contributed by atoms with Gasteiger partial charge in [-0.15, -0.1) is 0 Å². The lowest BCUT2D eigenvalue weighted by atomic mass is 10.1. The number of hydrogen-bond acceptors (Lipinski definition) is 5. The molecule has 3 rings (SSSR count). The second kappa shape index (κ2) is 10.3. The topological polar surface area (TPSA) is 84.9 Å². The molecule has 33 heavy (non-hydrogen) atoms. The fourth-order valence-corrected chi connectivity index (χ4v) is 4.51. The molecule has 0 spiro atoms.